The Morgan fingerprint density at radius 2 is 1.91 bits per heavy atom. The van der Waals surface area contributed by atoms with Crippen LogP contribution in [0.2, 0.25) is 0 Å². The second kappa shape index (κ2) is 9.13. The van der Waals surface area contributed by atoms with Crippen molar-refractivity contribution in [2.24, 2.45) is 0 Å². The number of carbonyl (C=O) groups excluding carboxylic acids is 1. The third-order valence-electron chi connectivity index (χ3n) is 6.03. The molecule has 34 heavy (non-hydrogen) atoms. The van der Waals surface area contributed by atoms with E-state index >= 15 is 0 Å². The van der Waals surface area contributed by atoms with Crippen molar-refractivity contribution in [2.75, 3.05) is 27.3 Å². The van der Waals surface area contributed by atoms with E-state index in [2.05, 4.69) is 10.1 Å². The molecule has 1 saturated carbocycles. The lowest BCUT2D eigenvalue weighted by Gasteiger charge is -2.19. The SMILES string of the molecule is COc1ccc(OCCN(C)C(=O)c2cc(C3CC3)nc3c2c(C)nn3-c2ccccn2)cc1. The minimum Gasteiger partial charge on any atom is -0.497 e. The fourth-order valence-electron chi connectivity index (χ4n) is 3.98. The van der Waals surface area contributed by atoms with Gasteiger partial charge >= 0.3 is 0 Å². The number of ether oxygens (including phenoxy) is 2. The van der Waals surface area contributed by atoms with Gasteiger partial charge < -0.3 is 14.4 Å². The molecule has 1 aliphatic carbocycles. The highest BCUT2D eigenvalue weighted by molar-refractivity contribution is 6.06. The molecule has 4 aromatic rings. The Balaban J connectivity index is 1.41. The Labute approximate surface area is 198 Å². The van der Waals surface area contributed by atoms with Gasteiger partial charge in [-0.25, -0.2) is 9.97 Å². The van der Waals surface area contributed by atoms with E-state index in [4.69, 9.17) is 14.5 Å². The predicted molar refractivity (Wildman–Crippen MR) is 129 cm³/mol. The molecule has 3 heterocycles. The number of benzene rings is 1. The van der Waals surface area contributed by atoms with Crippen LogP contribution in [0.1, 0.15) is 40.5 Å². The van der Waals surface area contributed by atoms with Crippen molar-refractivity contribution in [1.29, 1.82) is 0 Å². The van der Waals surface area contributed by atoms with Gasteiger partial charge in [0.2, 0.25) is 0 Å². The zero-order valence-electron chi connectivity index (χ0n) is 19.6. The van der Waals surface area contributed by atoms with Crippen LogP contribution in [-0.4, -0.2) is 57.9 Å². The first-order valence-corrected chi connectivity index (χ1v) is 11.4. The molecule has 1 aliphatic rings. The van der Waals surface area contributed by atoms with E-state index < -0.39 is 0 Å². The van der Waals surface area contributed by atoms with Crippen LogP contribution in [-0.2, 0) is 0 Å². The summed E-state index contributed by atoms with van der Waals surface area (Å²) in [5.74, 6) is 2.51. The zero-order valence-corrected chi connectivity index (χ0v) is 19.6. The van der Waals surface area contributed by atoms with Gasteiger partial charge in [0.05, 0.1) is 30.3 Å². The molecule has 1 aromatic carbocycles. The van der Waals surface area contributed by atoms with E-state index in [1.165, 1.54) is 0 Å². The molecular weight excluding hydrogens is 430 g/mol. The molecule has 1 amide bonds. The fourth-order valence-corrected chi connectivity index (χ4v) is 3.98. The van der Waals surface area contributed by atoms with Gasteiger partial charge in [-0.1, -0.05) is 6.07 Å². The molecule has 1 fully saturated rings. The molecule has 0 spiro atoms. The minimum absolute atomic E-state index is 0.0729. The van der Waals surface area contributed by atoms with E-state index in [0.29, 0.717) is 36.1 Å². The predicted octanol–water partition coefficient (Wildman–Crippen LogP) is 4.16. The molecule has 174 valence electrons. The number of nitrogens with zero attached hydrogens (tertiary/aromatic N) is 5. The van der Waals surface area contributed by atoms with Crippen molar-refractivity contribution in [2.45, 2.75) is 25.7 Å². The Kier molecular flexibility index (Phi) is 5.88. The van der Waals surface area contributed by atoms with Crippen LogP contribution < -0.4 is 9.47 Å². The highest BCUT2D eigenvalue weighted by Crippen LogP contribution is 2.40. The maximum atomic E-state index is 13.6. The van der Waals surface area contributed by atoms with E-state index in [1.807, 2.05) is 55.5 Å². The normalized spacial score (nSPS) is 13.1. The molecule has 8 nitrogen and oxygen atoms in total. The summed E-state index contributed by atoms with van der Waals surface area (Å²) in [5, 5.41) is 5.45. The quantitative estimate of drug-likeness (QED) is 0.395. The number of hydrogen-bond acceptors (Lipinski definition) is 6. The minimum atomic E-state index is -0.0729. The number of methoxy groups -OCH3 is 1. The van der Waals surface area contributed by atoms with Crippen LogP contribution in [0.5, 0.6) is 11.5 Å². The Hall–Kier alpha value is -3.94. The number of pyridine rings is 2. The molecule has 0 atom stereocenters. The lowest BCUT2D eigenvalue weighted by Crippen LogP contribution is -2.31. The number of aryl methyl sites for hydroxylation is 1. The molecular formula is C26H27N5O3. The Morgan fingerprint density at radius 1 is 1.15 bits per heavy atom. The first-order chi connectivity index (χ1) is 16.5. The molecule has 0 radical (unpaired) electrons. The Morgan fingerprint density at radius 3 is 2.59 bits per heavy atom. The molecule has 0 unspecified atom stereocenters. The Bertz CT molecular complexity index is 1310. The zero-order chi connectivity index (χ0) is 23.7. The largest absolute Gasteiger partial charge is 0.497 e. The summed E-state index contributed by atoms with van der Waals surface area (Å²) in [6, 6.07) is 15.0. The van der Waals surface area contributed by atoms with Gasteiger partial charge in [-0.2, -0.15) is 9.78 Å². The van der Waals surface area contributed by atoms with E-state index in [0.717, 1.165) is 41.1 Å². The summed E-state index contributed by atoms with van der Waals surface area (Å²) in [5.41, 5.74) is 2.99. The van der Waals surface area contributed by atoms with Crippen molar-refractivity contribution in [3.63, 3.8) is 0 Å². The number of hydrogen-bond donors (Lipinski definition) is 0. The lowest BCUT2D eigenvalue weighted by molar-refractivity contribution is 0.0775. The maximum absolute atomic E-state index is 13.6. The lowest BCUT2D eigenvalue weighted by atomic mass is 10.1. The summed E-state index contributed by atoms with van der Waals surface area (Å²) >= 11 is 0. The second-order valence-electron chi connectivity index (χ2n) is 8.50. The fraction of sp³-hybridized carbons (Fsp3) is 0.308. The first kappa shape index (κ1) is 21.9. The summed E-state index contributed by atoms with van der Waals surface area (Å²) in [7, 11) is 3.42. The third-order valence-corrected chi connectivity index (χ3v) is 6.03. The number of carbonyl (C=O) groups is 1. The van der Waals surface area contributed by atoms with E-state index in [-0.39, 0.29) is 5.91 Å². The number of fused-ring (bicyclic) bond motifs is 1. The number of rotatable bonds is 8. The van der Waals surface area contributed by atoms with Crippen LogP contribution in [0.25, 0.3) is 16.9 Å². The number of amides is 1. The van der Waals surface area contributed by atoms with Crippen molar-refractivity contribution >= 4 is 16.9 Å². The smallest absolute Gasteiger partial charge is 0.254 e. The van der Waals surface area contributed by atoms with Crippen LogP contribution in [0.3, 0.4) is 0 Å². The highest BCUT2D eigenvalue weighted by Gasteiger charge is 2.29. The van der Waals surface area contributed by atoms with Gasteiger partial charge in [0.15, 0.2) is 11.5 Å². The van der Waals surface area contributed by atoms with Gasteiger partial charge in [-0.3, -0.25) is 4.79 Å². The monoisotopic (exact) mass is 457 g/mol. The van der Waals surface area contributed by atoms with E-state index in [1.54, 1.807) is 29.9 Å². The van der Waals surface area contributed by atoms with Gasteiger partial charge in [-0.05, 0) is 62.2 Å². The molecule has 8 heteroatoms. The average Bonchev–Trinajstić information content (AvgIpc) is 3.67. The second-order valence-corrected chi connectivity index (χ2v) is 8.50. The molecule has 0 N–H and O–H groups in total. The van der Waals surface area contributed by atoms with Crippen LogP contribution in [0.4, 0.5) is 0 Å². The van der Waals surface area contributed by atoms with Crippen LogP contribution in [0.15, 0.2) is 54.7 Å². The van der Waals surface area contributed by atoms with Crippen molar-refractivity contribution in [1.82, 2.24) is 24.6 Å². The summed E-state index contributed by atoms with van der Waals surface area (Å²) in [6.45, 7) is 2.73. The molecule has 0 bridgehead atoms. The number of likely N-dealkylation sites (N-methyl/N-ethyl adjacent to an activating group) is 1. The summed E-state index contributed by atoms with van der Waals surface area (Å²) in [4.78, 5) is 24.6. The third kappa shape index (κ3) is 4.31. The number of aromatic nitrogens is 4. The average molecular weight is 458 g/mol. The standard InChI is InChI=1S/C26H27N5O3/c1-17-24-21(26(32)30(2)14-15-34-20-11-9-19(33-3)10-12-20)16-22(18-7-8-18)28-25(24)31(29-17)23-6-4-5-13-27-23/h4-6,9-13,16,18H,7-8,14-15H2,1-3H3. The molecule has 3 aromatic heterocycles. The van der Waals surface area contributed by atoms with Gasteiger partial charge in [0, 0.05) is 24.9 Å². The molecule has 0 aliphatic heterocycles. The van der Waals surface area contributed by atoms with E-state index in [9.17, 15) is 4.79 Å². The highest BCUT2D eigenvalue weighted by atomic mass is 16.5. The summed E-state index contributed by atoms with van der Waals surface area (Å²) < 4.78 is 12.7. The first-order valence-electron chi connectivity index (χ1n) is 11.4. The van der Waals surface area contributed by atoms with Crippen LogP contribution in [0, 0.1) is 6.92 Å². The molecule has 5 rings (SSSR count). The van der Waals surface area contributed by atoms with Crippen molar-refractivity contribution in [3.8, 4) is 17.3 Å². The van der Waals surface area contributed by atoms with Crippen molar-refractivity contribution in [3.05, 3.63) is 71.7 Å². The van der Waals surface area contributed by atoms with Gasteiger partial charge in [0.1, 0.15) is 18.1 Å². The van der Waals surface area contributed by atoms with Crippen molar-refractivity contribution < 1.29 is 14.3 Å². The molecule has 0 saturated heterocycles. The van der Waals surface area contributed by atoms with Gasteiger partial charge in [0.25, 0.3) is 5.91 Å². The summed E-state index contributed by atoms with van der Waals surface area (Å²) in [6.07, 6.45) is 3.91. The van der Waals surface area contributed by atoms with Crippen LogP contribution >= 0.6 is 0 Å². The van der Waals surface area contributed by atoms with Gasteiger partial charge in [-0.15, -0.1) is 0 Å². The topological polar surface area (TPSA) is 82.4 Å². The maximum Gasteiger partial charge on any atom is 0.254 e.